The summed E-state index contributed by atoms with van der Waals surface area (Å²) in [6.45, 7) is 3.39. The van der Waals surface area contributed by atoms with Gasteiger partial charge in [-0.05, 0) is 55.8 Å². The van der Waals surface area contributed by atoms with Gasteiger partial charge in [0.1, 0.15) is 12.4 Å². The van der Waals surface area contributed by atoms with E-state index in [0.717, 1.165) is 22.8 Å². The van der Waals surface area contributed by atoms with E-state index in [0.29, 0.717) is 19.2 Å². The molecule has 0 aromatic heterocycles. The number of halogens is 1. The largest absolute Gasteiger partial charge is 0.489 e. The summed E-state index contributed by atoms with van der Waals surface area (Å²) in [5.41, 5.74) is 2.38. The van der Waals surface area contributed by atoms with Crippen LogP contribution in [0.2, 0.25) is 5.02 Å². The van der Waals surface area contributed by atoms with Gasteiger partial charge in [-0.3, -0.25) is 4.90 Å². The van der Waals surface area contributed by atoms with Gasteiger partial charge in [-0.2, -0.15) is 0 Å². The van der Waals surface area contributed by atoms with Crippen LogP contribution in [0.25, 0.3) is 0 Å². The molecular formula is C20H22ClNO. The van der Waals surface area contributed by atoms with Crippen molar-refractivity contribution < 1.29 is 4.74 Å². The summed E-state index contributed by atoms with van der Waals surface area (Å²) in [6.07, 6.45) is 6.32. The van der Waals surface area contributed by atoms with Crippen LogP contribution >= 0.6 is 11.6 Å². The predicted molar refractivity (Wildman–Crippen MR) is 96.9 cm³/mol. The number of likely N-dealkylation sites (N-methyl/N-ethyl adjacent to an activating group) is 1. The maximum absolute atomic E-state index is 5.87. The maximum Gasteiger partial charge on any atom is 0.119 e. The second-order valence-electron chi connectivity index (χ2n) is 5.73. The van der Waals surface area contributed by atoms with Crippen LogP contribution in [0.1, 0.15) is 18.1 Å². The fourth-order valence-electron chi connectivity index (χ4n) is 2.27. The first-order chi connectivity index (χ1) is 11.1. The average Bonchev–Trinajstić information content (AvgIpc) is 2.56. The SMILES string of the molecule is C#CCN(C)[C@H](C)Cc1ccc(OCc2ccc(Cl)cc2)cc1. The topological polar surface area (TPSA) is 12.5 Å². The lowest BCUT2D eigenvalue weighted by Gasteiger charge is -2.22. The molecule has 0 amide bonds. The molecule has 0 saturated carbocycles. The Balaban J connectivity index is 1.87. The number of nitrogens with zero attached hydrogens (tertiary/aromatic N) is 1. The van der Waals surface area contributed by atoms with Gasteiger partial charge in [0.2, 0.25) is 0 Å². The molecule has 2 aromatic carbocycles. The molecule has 3 heteroatoms. The summed E-state index contributed by atoms with van der Waals surface area (Å²) in [6, 6.07) is 16.3. The van der Waals surface area contributed by atoms with E-state index in [9.17, 15) is 0 Å². The minimum atomic E-state index is 0.409. The zero-order valence-electron chi connectivity index (χ0n) is 13.6. The van der Waals surface area contributed by atoms with Crippen LogP contribution in [0.5, 0.6) is 5.75 Å². The summed E-state index contributed by atoms with van der Waals surface area (Å²) in [5.74, 6) is 3.55. The lowest BCUT2D eigenvalue weighted by Crippen LogP contribution is -2.31. The van der Waals surface area contributed by atoms with Gasteiger partial charge in [0, 0.05) is 11.1 Å². The highest BCUT2D eigenvalue weighted by Crippen LogP contribution is 2.17. The van der Waals surface area contributed by atoms with Gasteiger partial charge >= 0.3 is 0 Å². The van der Waals surface area contributed by atoms with Crippen molar-refractivity contribution in [1.82, 2.24) is 4.90 Å². The first kappa shape index (κ1) is 17.4. The molecule has 2 aromatic rings. The molecule has 1 atom stereocenters. The Hall–Kier alpha value is -1.95. The second-order valence-corrected chi connectivity index (χ2v) is 6.17. The van der Waals surface area contributed by atoms with Crippen LogP contribution in [0.4, 0.5) is 0 Å². The van der Waals surface area contributed by atoms with Crippen molar-refractivity contribution in [2.75, 3.05) is 13.6 Å². The minimum Gasteiger partial charge on any atom is -0.489 e. The van der Waals surface area contributed by atoms with E-state index in [1.165, 1.54) is 5.56 Å². The molecule has 0 fully saturated rings. The van der Waals surface area contributed by atoms with Gasteiger partial charge in [0.05, 0.1) is 6.54 Å². The Morgan fingerprint density at radius 3 is 2.30 bits per heavy atom. The molecule has 2 nitrogen and oxygen atoms in total. The van der Waals surface area contributed by atoms with Crippen LogP contribution in [0.15, 0.2) is 48.5 Å². The Labute approximate surface area is 144 Å². The Kier molecular flexibility index (Phi) is 6.52. The van der Waals surface area contributed by atoms with Gasteiger partial charge < -0.3 is 4.74 Å². The fraction of sp³-hybridized carbons (Fsp3) is 0.300. The quantitative estimate of drug-likeness (QED) is 0.698. The van der Waals surface area contributed by atoms with Crippen molar-refractivity contribution in [1.29, 1.82) is 0 Å². The summed E-state index contributed by atoms with van der Waals surface area (Å²) >= 11 is 5.87. The van der Waals surface area contributed by atoms with Gasteiger partial charge in [-0.25, -0.2) is 0 Å². The fourth-order valence-corrected chi connectivity index (χ4v) is 2.39. The molecule has 0 aliphatic heterocycles. The first-order valence-corrected chi connectivity index (χ1v) is 8.06. The Morgan fingerprint density at radius 1 is 1.09 bits per heavy atom. The molecular weight excluding hydrogens is 306 g/mol. The van der Waals surface area contributed by atoms with Crippen LogP contribution in [-0.2, 0) is 13.0 Å². The second kappa shape index (κ2) is 8.62. The summed E-state index contributed by atoms with van der Waals surface area (Å²) < 4.78 is 5.80. The molecule has 23 heavy (non-hydrogen) atoms. The lowest BCUT2D eigenvalue weighted by atomic mass is 10.1. The normalized spacial score (nSPS) is 12.0. The minimum absolute atomic E-state index is 0.409. The van der Waals surface area contributed by atoms with E-state index in [-0.39, 0.29) is 0 Å². The monoisotopic (exact) mass is 327 g/mol. The van der Waals surface area contributed by atoms with Gasteiger partial charge in [0.25, 0.3) is 0 Å². The smallest absolute Gasteiger partial charge is 0.119 e. The standard InChI is InChI=1S/C20H22ClNO/c1-4-13-22(3)16(2)14-17-7-11-20(12-8-17)23-15-18-5-9-19(21)10-6-18/h1,5-12,16H,13-15H2,2-3H3/t16-/m1/s1. The zero-order chi connectivity index (χ0) is 16.7. The molecule has 0 spiro atoms. The molecule has 2 rings (SSSR count). The molecule has 0 N–H and O–H groups in total. The number of terminal acetylenes is 1. The Morgan fingerprint density at radius 2 is 1.70 bits per heavy atom. The number of ether oxygens (including phenoxy) is 1. The first-order valence-electron chi connectivity index (χ1n) is 7.68. The van der Waals surface area contributed by atoms with Crippen molar-refractivity contribution in [2.45, 2.75) is 26.0 Å². The van der Waals surface area contributed by atoms with E-state index in [4.69, 9.17) is 22.8 Å². The highest BCUT2D eigenvalue weighted by Gasteiger charge is 2.08. The van der Waals surface area contributed by atoms with Gasteiger partial charge in [0.15, 0.2) is 0 Å². The van der Waals surface area contributed by atoms with E-state index in [1.807, 2.05) is 43.4 Å². The van der Waals surface area contributed by atoms with Crippen molar-refractivity contribution in [2.24, 2.45) is 0 Å². The van der Waals surface area contributed by atoms with E-state index in [2.05, 4.69) is 29.9 Å². The predicted octanol–water partition coefficient (Wildman–Crippen LogP) is 4.42. The molecule has 0 heterocycles. The highest BCUT2D eigenvalue weighted by atomic mass is 35.5. The van der Waals surface area contributed by atoms with E-state index in [1.54, 1.807) is 0 Å². The van der Waals surface area contributed by atoms with Gasteiger partial charge in [-0.15, -0.1) is 6.42 Å². The number of hydrogen-bond donors (Lipinski definition) is 0. The van der Waals surface area contributed by atoms with Crippen molar-refractivity contribution in [3.63, 3.8) is 0 Å². The van der Waals surface area contributed by atoms with Crippen LogP contribution in [-0.4, -0.2) is 24.5 Å². The third-order valence-corrected chi connectivity index (χ3v) is 4.12. The zero-order valence-corrected chi connectivity index (χ0v) is 14.4. The molecule has 0 bridgehead atoms. The molecule has 0 radical (unpaired) electrons. The van der Waals surface area contributed by atoms with Crippen molar-refractivity contribution >= 4 is 11.6 Å². The van der Waals surface area contributed by atoms with Gasteiger partial charge in [-0.1, -0.05) is 41.8 Å². The molecule has 120 valence electrons. The van der Waals surface area contributed by atoms with Crippen LogP contribution in [0, 0.1) is 12.3 Å². The summed E-state index contributed by atoms with van der Waals surface area (Å²) in [7, 11) is 2.05. The lowest BCUT2D eigenvalue weighted by molar-refractivity contribution is 0.286. The molecule has 0 saturated heterocycles. The number of benzene rings is 2. The van der Waals surface area contributed by atoms with Crippen LogP contribution in [0.3, 0.4) is 0 Å². The van der Waals surface area contributed by atoms with E-state index < -0.39 is 0 Å². The molecule has 0 aliphatic carbocycles. The highest BCUT2D eigenvalue weighted by molar-refractivity contribution is 6.30. The third-order valence-electron chi connectivity index (χ3n) is 3.87. The molecule has 0 aliphatic rings. The Bertz CT molecular complexity index is 643. The average molecular weight is 328 g/mol. The molecule has 0 unspecified atom stereocenters. The summed E-state index contributed by atoms with van der Waals surface area (Å²) in [5, 5.41) is 0.738. The van der Waals surface area contributed by atoms with E-state index >= 15 is 0 Å². The van der Waals surface area contributed by atoms with Crippen LogP contribution < -0.4 is 4.74 Å². The number of hydrogen-bond acceptors (Lipinski definition) is 2. The summed E-state index contributed by atoms with van der Waals surface area (Å²) in [4.78, 5) is 2.17. The van der Waals surface area contributed by atoms with Crippen molar-refractivity contribution in [3.8, 4) is 18.1 Å². The maximum atomic E-state index is 5.87. The number of rotatable bonds is 7. The third kappa shape index (κ3) is 5.63. The van der Waals surface area contributed by atoms with Crippen molar-refractivity contribution in [3.05, 3.63) is 64.7 Å².